The van der Waals surface area contributed by atoms with E-state index in [9.17, 15) is 14.9 Å². The predicted molar refractivity (Wildman–Crippen MR) is 94.6 cm³/mol. The quantitative estimate of drug-likeness (QED) is 0.654. The van der Waals surface area contributed by atoms with Crippen LogP contribution in [0.3, 0.4) is 0 Å². The molecule has 0 bridgehead atoms. The van der Waals surface area contributed by atoms with Crippen molar-refractivity contribution < 1.29 is 9.72 Å². The molecule has 2 aromatic carbocycles. The molecule has 0 aromatic heterocycles. The molecule has 126 valence electrons. The summed E-state index contributed by atoms with van der Waals surface area (Å²) in [6.07, 6.45) is 0.702. The molecular formula is C18H21N3O3. The Morgan fingerprint density at radius 2 is 1.83 bits per heavy atom. The molecule has 6 heteroatoms. The largest absolute Gasteiger partial charge is 0.378 e. The van der Waals surface area contributed by atoms with Gasteiger partial charge in [-0.1, -0.05) is 18.2 Å². The first-order valence-electron chi connectivity index (χ1n) is 7.68. The van der Waals surface area contributed by atoms with Crippen molar-refractivity contribution in [3.8, 4) is 0 Å². The Morgan fingerprint density at radius 1 is 1.17 bits per heavy atom. The molecule has 0 radical (unpaired) electrons. The van der Waals surface area contributed by atoms with Gasteiger partial charge in [-0.25, -0.2) is 0 Å². The van der Waals surface area contributed by atoms with Gasteiger partial charge >= 0.3 is 0 Å². The van der Waals surface area contributed by atoms with E-state index in [1.807, 2.05) is 43.3 Å². The molecule has 0 saturated heterocycles. The number of aryl methyl sites for hydroxylation is 1. The maximum absolute atomic E-state index is 12.1. The molecular weight excluding hydrogens is 306 g/mol. The van der Waals surface area contributed by atoms with Gasteiger partial charge in [0.2, 0.25) is 0 Å². The molecule has 24 heavy (non-hydrogen) atoms. The van der Waals surface area contributed by atoms with E-state index in [1.165, 1.54) is 6.07 Å². The number of amides is 1. The molecule has 0 heterocycles. The van der Waals surface area contributed by atoms with E-state index in [0.717, 1.165) is 11.3 Å². The van der Waals surface area contributed by atoms with Crippen LogP contribution in [0.5, 0.6) is 0 Å². The molecule has 0 aliphatic rings. The fourth-order valence-electron chi connectivity index (χ4n) is 2.33. The molecule has 1 amide bonds. The van der Waals surface area contributed by atoms with Crippen LogP contribution < -0.4 is 10.2 Å². The van der Waals surface area contributed by atoms with Crippen molar-refractivity contribution in [2.45, 2.75) is 13.3 Å². The molecule has 0 fully saturated rings. The van der Waals surface area contributed by atoms with Gasteiger partial charge in [-0.15, -0.1) is 0 Å². The lowest BCUT2D eigenvalue weighted by Gasteiger charge is -2.12. The van der Waals surface area contributed by atoms with Crippen LogP contribution in [0.1, 0.15) is 21.5 Å². The third kappa shape index (κ3) is 4.32. The summed E-state index contributed by atoms with van der Waals surface area (Å²) in [6.45, 7) is 2.12. The number of nitro groups is 1. The van der Waals surface area contributed by atoms with E-state index in [1.54, 1.807) is 19.1 Å². The summed E-state index contributed by atoms with van der Waals surface area (Å²) in [7, 11) is 3.96. The summed E-state index contributed by atoms with van der Waals surface area (Å²) in [5.41, 5.74) is 3.04. The number of rotatable bonds is 6. The van der Waals surface area contributed by atoms with Crippen LogP contribution in [0.25, 0.3) is 0 Å². The standard InChI is InChI=1S/C18H21N3O3/c1-13-4-7-15(12-17(13)21(23)24)18(22)19-11-10-14-5-8-16(9-6-14)20(2)3/h4-9,12H,10-11H2,1-3H3,(H,19,22). The zero-order chi connectivity index (χ0) is 17.7. The van der Waals surface area contributed by atoms with Crippen LogP contribution in [-0.4, -0.2) is 31.5 Å². The Morgan fingerprint density at radius 3 is 2.42 bits per heavy atom. The van der Waals surface area contributed by atoms with Crippen LogP contribution in [0.15, 0.2) is 42.5 Å². The van der Waals surface area contributed by atoms with Gasteiger partial charge in [0.05, 0.1) is 4.92 Å². The van der Waals surface area contributed by atoms with Gasteiger partial charge in [-0.05, 0) is 37.1 Å². The number of hydrogen-bond acceptors (Lipinski definition) is 4. The number of carbonyl (C=O) groups excluding carboxylic acids is 1. The topological polar surface area (TPSA) is 75.5 Å². The summed E-state index contributed by atoms with van der Waals surface area (Å²) in [5, 5.41) is 13.7. The Hall–Kier alpha value is -2.89. The van der Waals surface area contributed by atoms with E-state index >= 15 is 0 Å². The van der Waals surface area contributed by atoms with Crippen LogP contribution >= 0.6 is 0 Å². The van der Waals surface area contributed by atoms with Gasteiger partial charge in [-0.3, -0.25) is 14.9 Å². The summed E-state index contributed by atoms with van der Waals surface area (Å²) in [5.74, 6) is -0.303. The van der Waals surface area contributed by atoms with Crippen LogP contribution in [0.4, 0.5) is 11.4 Å². The lowest BCUT2D eigenvalue weighted by atomic mass is 10.1. The Balaban J connectivity index is 1.93. The first kappa shape index (κ1) is 17.5. The highest BCUT2D eigenvalue weighted by Crippen LogP contribution is 2.19. The third-order valence-corrected chi connectivity index (χ3v) is 3.82. The van der Waals surface area contributed by atoms with Gasteiger partial charge in [0.25, 0.3) is 11.6 Å². The zero-order valence-electron chi connectivity index (χ0n) is 14.1. The van der Waals surface area contributed by atoms with Gasteiger partial charge in [0.1, 0.15) is 0 Å². The maximum Gasteiger partial charge on any atom is 0.273 e. The molecule has 0 aliphatic carbocycles. The summed E-state index contributed by atoms with van der Waals surface area (Å²) >= 11 is 0. The van der Waals surface area contributed by atoms with E-state index in [0.29, 0.717) is 24.1 Å². The minimum atomic E-state index is -0.474. The van der Waals surface area contributed by atoms with Crippen molar-refractivity contribution in [3.05, 3.63) is 69.3 Å². The van der Waals surface area contributed by atoms with E-state index in [-0.39, 0.29) is 11.6 Å². The maximum atomic E-state index is 12.1. The number of anilines is 1. The molecule has 1 N–H and O–H groups in total. The van der Waals surface area contributed by atoms with Gasteiger partial charge in [0, 0.05) is 43.5 Å². The van der Waals surface area contributed by atoms with Crippen molar-refractivity contribution in [3.63, 3.8) is 0 Å². The average Bonchev–Trinajstić information content (AvgIpc) is 2.55. The number of nitrogens with zero attached hydrogens (tertiary/aromatic N) is 2. The molecule has 2 rings (SSSR count). The number of carbonyl (C=O) groups is 1. The minimum absolute atomic E-state index is 0.0399. The van der Waals surface area contributed by atoms with Crippen molar-refractivity contribution >= 4 is 17.3 Å². The smallest absolute Gasteiger partial charge is 0.273 e. The zero-order valence-corrected chi connectivity index (χ0v) is 14.1. The predicted octanol–water partition coefficient (Wildman–Crippen LogP) is 2.94. The average molecular weight is 327 g/mol. The summed E-state index contributed by atoms with van der Waals surface area (Å²) in [6, 6.07) is 12.6. The minimum Gasteiger partial charge on any atom is -0.378 e. The highest BCUT2D eigenvalue weighted by Gasteiger charge is 2.14. The lowest BCUT2D eigenvalue weighted by Crippen LogP contribution is -2.25. The number of nitro benzene ring substituents is 1. The van der Waals surface area contributed by atoms with E-state index in [4.69, 9.17) is 0 Å². The van der Waals surface area contributed by atoms with Crippen molar-refractivity contribution in [2.24, 2.45) is 0 Å². The molecule has 0 unspecified atom stereocenters. The summed E-state index contributed by atoms with van der Waals surface area (Å²) in [4.78, 5) is 24.6. The molecule has 0 aliphatic heterocycles. The van der Waals surface area contributed by atoms with Crippen LogP contribution in [0, 0.1) is 17.0 Å². The lowest BCUT2D eigenvalue weighted by molar-refractivity contribution is -0.385. The van der Waals surface area contributed by atoms with E-state index < -0.39 is 4.92 Å². The van der Waals surface area contributed by atoms with Crippen molar-refractivity contribution in [2.75, 3.05) is 25.5 Å². The van der Waals surface area contributed by atoms with Crippen LogP contribution in [-0.2, 0) is 6.42 Å². The van der Waals surface area contributed by atoms with Crippen molar-refractivity contribution in [1.29, 1.82) is 0 Å². The Bertz CT molecular complexity index is 740. The molecule has 0 atom stereocenters. The fourth-order valence-corrected chi connectivity index (χ4v) is 2.33. The van der Waals surface area contributed by atoms with E-state index in [2.05, 4.69) is 5.32 Å². The number of hydrogen-bond donors (Lipinski definition) is 1. The first-order valence-corrected chi connectivity index (χ1v) is 7.68. The Labute approximate surface area is 141 Å². The molecule has 0 spiro atoms. The Kier molecular flexibility index (Phi) is 5.52. The highest BCUT2D eigenvalue weighted by atomic mass is 16.6. The molecule has 0 saturated carbocycles. The highest BCUT2D eigenvalue weighted by molar-refractivity contribution is 5.94. The monoisotopic (exact) mass is 327 g/mol. The van der Waals surface area contributed by atoms with Crippen LogP contribution in [0.2, 0.25) is 0 Å². The normalized spacial score (nSPS) is 10.3. The number of nitrogens with one attached hydrogen (secondary N) is 1. The second-order valence-corrected chi connectivity index (χ2v) is 5.83. The second kappa shape index (κ2) is 7.59. The van der Waals surface area contributed by atoms with Gasteiger partial charge in [-0.2, -0.15) is 0 Å². The van der Waals surface area contributed by atoms with Gasteiger partial charge < -0.3 is 10.2 Å². The fraction of sp³-hybridized carbons (Fsp3) is 0.278. The van der Waals surface area contributed by atoms with Gasteiger partial charge in [0.15, 0.2) is 0 Å². The SMILES string of the molecule is Cc1ccc(C(=O)NCCc2ccc(N(C)C)cc2)cc1[N+](=O)[O-]. The molecule has 2 aromatic rings. The summed E-state index contributed by atoms with van der Waals surface area (Å²) < 4.78 is 0. The van der Waals surface area contributed by atoms with Crippen molar-refractivity contribution in [1.82, 2.24) is 5.32 Å². The second-order valence-electron chi connectivity index (χ2n) is 5.83. The number of benzene rings is 2. The third-order valence-electron chi connectivity index (χ3n) is 3.82. The first-order chi connectivity index (χ1) is 11.4. The molecule has 6 nitrogen and oxygen atoms in total.